The number of hydrogen-bond acceptors (Lipinski definition) is 3. The molecule has 1 atom stereocenters. The molecule has 0 saturated carbocycles. The first-order chi connectivity index (χ1) is 10.0. The number of carbonyl (C=O) groups is 1. The third-order valence-electron chi connectivity index (χ3n) is 3.13. The minimum atomic E-state index is -4.32. The zero-order chi connectivity index (χ0) is 17.1. The van der Waals surface area contributed by atoms with Gasteiger partial charge in [0.1, 0.15) is 16.5 Å². The summed E-state index contributed by atoms with van der Waals surface area (Å²) in [5, 5.41) is 9.06. The minimum absolute atomic E-state index is 0.0142. The number of carboxylic acids is 1. The molecule has 2 N–H and O–H groups in total. The highest BCUT2D eigenvalue weighted by Crippen LogP contribution is 2.19. The Morgan fingerprint density at radius 2 is 1.86 bits per heavy atom. The van der Waals surface area contributed by atoms with Crippen LogP contribution in [0.5, 0.6) is 0 Å². The number of aliphatic carboxylic acids is 1. The lowest BCUT2D eigenvalue weighted by Gasteiger charge is -2.16. The van der Waals surface area contributed by atoms with Gasteiger partial charge in [0.15, 0.2) is 0 Å². The van der Waals surface area contributed by atoms with Gasteiger partial charge in [-0.3, -0.25) is 4.79 Å². The maximum absolute atomic E-state index is 13.7. The Morgan fingerprint density at radius 1 is 1.27 bits per heavy atom. The van der Waals surface area contributed by atoms with Crippen LogP contribution in [0.3, 0.4) is 0 Å². The van der Waals surface area contributed by atoms with Crippen LogP contribution in [0, 0.1) is 30.4 Å². The van der Waals surface area contributed by atoms with Gasteiger partial charge in [-0.05, 0) is 37.0 Å². The number of sulfonamides is 1. The van der Waals surface area contributed by atoms with E-state index in [1.165, 1.54) is 6.92 Å². The van der Waals surface area contributed by atoms with Gasteiger partial charge in [-0.2, -0.15) is 0 Å². The molecular formula is C14H19F2NO4S. The zero-order valence-electron chi connectivity index (χ0n) is 12.6. The van der Waals surface area contributed by atoms with Crippen LogP contribution in [0.4, 0.5) is 8.78 Å². The molecule has 0 bridgehead atoms. The number of aryl methyl sites for hydroxylation is 1. The van der Waals surface area contributed by atoms with Gasteiger partial charge in [0.25, 0.3) is 0 Å². The van der Waals surface area contributed by atoms with Crippen molar-refractivity contribution in [3.8, 4) is 0 Å². The Balaban J connectivity index is 2.96. The first-order valence-corrected chi connectivity index (χ1v) is 8.21. The van der Waals surface area contributed by atoms with Crippen LogP contribution in [0.15, 0.2) is 17.0 Å². The number of rotatable bonds is 7. The molecule has 0 heterocycles. The summed E-state index contributed by atoms with van der Waals surface area (Å²) in [6.07, 6.45) is 0.266. The molecule has 8 heteroatoms. The van der Waals surface area contributed by atoms with Crippen LogP contribution in [-0.2, 0) is 14.8 Å². The molecule has 1 unspecified atom stereocenters. The predicted octanol–water partition coefficient (Wildman–Crippen LogP) is 2.30. The summed E-state index contributed by atoms with van der Waals surface area (Å²) in [6.45, 7) is 4.54. The molecule has 1 aromatic rings. The second kappa shape index (κ2) is 7.15. The van der Waals surface area contributed by atoms with Gasteiger partial charge in [-0.25, -0.2) is 21.9 Å². The van der Waals surface area contributed by atoms with Crippen molar-refractivity contribution in [1.82, 2.24) is 4.72 Å². The fourth-order valence-electron chi connectivity index (χ4n) is 1.96. The van der Waals surface area contributed by atoms with Gasteiger partial charge >= 0.3 is 5.97 Å². The molecule has 1 rings (SSSR count). The van der Waals surface area contributed by atoms with Gasteiger partial charge in [0.05, 0.1) is 5.92 Å². The van der Waals surface area contributed by atoms with Crippen LogP contribution < -0.4 is 4.72 Å². The largest absolute Gasteiger partial charge is 0.481 e. The van der Waals surface area contributed by atoms with E-state index in [0.717, 1.165) is 6.07 Å². The highest BCUT2D eigenvalue weighted by atomic mass is 32.2. The molecule has 22 heavy (non-hydrogen) atoms. The van der Waals surface area contributed by atoms with E-state index in [0.29, 0.717) is 6.07 Å². The molecule has 5 nitrogen and oxygen atoms in total. The van der Waals surface area contributed by atoms with Crippen LogP contribution >= 0.6 is 0 Å². The van der Waals surface area contributed by atoms with Crippen LogP contribution in [0.2, 0.25) is 0 Å². The van der Waals surface area contributed by atoms with E-state index in [1.54, 1.807) is 13.8 Å². The van der Waals surface area contributed by atoms with E-state index < -0.39 is 38.4 Å². The molecule has 0 aliphatic heterocycles. The van der Waals surface area contributed by atoms with Gasteiger partial charge in [0.2, 0.25) is 10.0 Å². The van der Waals surface area contributed by atoms with Crippen LogP contribution in [0.1, 0.15) is 25.8 Å². The maximum Gasteiger partial charge on any atom is 0.307 e. The first-order valence-electron chi connectivity index (χ1n) is 6.72. The van der Waals surface area contributed by atoms with E-state index in [4.69, 9.17) is 5.11 Å². The standard InChI is InChI=1S/C14H19F2NO4S/c1-8(2)4-10(14(18)19)7-17-22(20,21)13-6-11(15)9(3)5-12(13)16/h5-6,8,10,17H,4,7H2,1-3H3,(H,18,19). The topological polar surface area (TPSA) is 83.5 Å². The second-order valence-electron chi connectivity index (χ2n) is 5.55. The number of carboxylic acid groups (broad SMARTS) is 1. The number of halogens is 2. The molecule has 0 saturated heterocycles. The van der Waals surface area contributed by atoms with Gasteiger partial charge < -0.3 is 5.11 Å². The number of nitrogens with one attached hydrogen (secondary N) is 1. The Kier molecular flexibility index (Phi) is 6.01. The summed E-state index contributed by atoms with van der Waals surface area (Å²) in [5.74, 6) is -3.96. The van der Waals surface area contributed by atoms with Crippen LogP contribution in [0.25, 0.3) is 0 Å². The van der Waals surface area contributed by atoms with Gasteiger partial charge in [0, 0.05) is 6.54 Å². The quantitative estimate of drug-likeness (QED) is 0.801. The summed E-state index contributed by atoms with van der Waals surface area (Å²) in [7, 11) is -4.32. The average molecular weight is 335 g/mol. The van der Waals surface area contributed by atoms with E-state index in [2.05, 4.69) is 0 Å². The summed E-state index contributed by atoms with van der Waals surface area (Å²) in [4.78, 5) is 10.3. The molecule has 124 valence electrons. The third kappa shape index (κ3) is 4.74. The van der Waals surface area contributed by atoms with Crippen molar-refractivity contribution in [3.05, 3.63) is 29.3 Å². The van der Waals surface area contributed by atoms with Crippen molar-refractivity contribution >= 4 is 16.0 Å². The normalized spacial score (nSPS) is 13.4. The molecule has 1 aromatic carbocycles. The van der Waals surface area contributed by atoms with Gasteiger partial charge in [-0.15, -0.1) is 0 Å². The monoisotopic (exact) mass is 335 g/mol. The lowest BCUT2D eigenvalue weighted by Crippen LogP contribution is -2.34. The van der Waals surface area contributed by atoms with Crippen LogP contribution in [-0.4, -0.2) is 26.0 Å². The molecule has 0 aliphatic rings. The highest BCUT2D eigenvalue weighted by Gasteiger charge is 2.25. The Hall–Kier alpha value is -1.54. The maximum atomic E-state index is 13.7. The fourth-order valence-corrected chi connectivity index (χ4v) is 3.11. The molecule has 0 aliphatic carbocycles. The zero-order valence-corrected chi connectivity index (χ0v) is 13.4. The lowest BCUT2D eigenvalue weighted by molar-refractivity contribution is -0.142. The number of benzene rings is 1. The fraction of sp³-hybridized carbons (Fsp3) is 0.500. The van der Waals surface area contributed by atoms with Crippen molar-refractivity contribution < 1.29 is 27.1 Å². The van der Waals surface area contributed by atoms with Crippen molar-refractivity contribution in [1.29, 1.82) is 0 Å². The van der Waals surface area contributed by atoms with E-state index in [-0.39, 0.29) is 24.4 Å². The Morgan fingerprint density at radius 3 is 2.36 bits per heavy atom. The molecule has 0 radical (unpaired) electrons. The molecule has 0 fully saturated rings. The second-order valence-corrected chi connectivity index (χ2v) is 7.28. The van der Waals surface area contributed by atoms with Crippen molar-refractivity contribution in [2.75, 3.05) is 6.54 Å². The van der Waals surface area contributed by atoms with Crippen molar-refractivity contribution in [2.45, 2.75) is 32.1 Å². The predicted molar refractivity (Wildman–Crippen MR) is 76.9 cm³/mol. The summed E-state index contributed by atoms with van der Waals surface area (Å²) < 4.78 is 53.2. The van der Waals surface area contributed by atoms with Gasteiger partial charge in [-0.1, -0.05) is 13.8 Å². The summed E-state index contributed by atoms with van der Waals surface area (Å²) >= 11 is 0. The SMILES string of the molecule is Cc1cc(F)c(S(=O)(=O)NCC(CC(C)C)C(=O)O)cc1F. The molecule has 0 spiro atoms. The van der Waals surface area contributed by atoms with Crippen molar-refractivity contribution in [2.24, 2.45) is 11.8 Å². The van der Waals surface area contributed by atoms with Crippen molar-refractivity contribution in [3.63, 3.8) is 0 Å². The van der Waals surface area contributed by atoms with E-state index >= 15 is 0 Å². The molecule has 0 amide bonds. The number of hydrogen-bond donors (Lipinski definition) is 2. The Labute approximate surface area is 128 Å². The summed E-state index contributed by atoms with van der Waals surface area (Å²) in [5.41, 5.74) is -0.0142. The minimum Gasteiger partial charge on any atom is -0.481 e. The molecular weight excluding hydrogens is 316 g/mol. The Bertz CT molecular complexity index is 659. The van der Waals surface area contributed by atoms with E-state index in [9.17, 15) is 22.0 Å². The first kappa shape index (κ1) is 18.5. The van der Waals surface area contributed by atoms with E-state index in [1.807, 2.05) is 4.72 Å². The third-order valence-corrected chi connectivity index (χ3v) is 4.57. The summed E-state index contributed by atoms with van der Waals surface area (Å²) in [6, 6.07) is 1.37. The highest BCUT2D eigenvalue weighted by molar-refractivity contribution is 7.89. The lowest BCUT2D eigenvalue weighted by atomic mass is 9.98. The smallest absolute Gasteiger partial charge is 0.307 e. The molecule has 0 aromatic heterocycles. The average Bonchev–Trinajstić information content (AvgIpc) is 2.37.